The Labute approximate surface area is 110 Å². The van der Waals surface area contributed by atoms with Crippen LogP contribution in [0.15, 0.2) is 22.7 Å². The number of amides is 1. The molecule has 0 aliphatic carbocycles. The first-order valence-electron chi connectivity index (χ1n) is 5.83. The van der Waals surface area contributed by atoms with Crippen molar-refractivity contribution in [2.75, 3.05) is 19.7 Å². The standard InChI is InChI=1S/C13H16BrNO2/c1-10-8-11(4-5-12(10)14)17-9-13(16)15-6-2-3-7-15/h4-5,8H,2-3,6-7,9H2,1H3. The van der Waals surface area contributed by atoms with Crippen LogP contribution in [-0.2, 0) is 4.79 Å². The summed E-state index contributed by atoms with van der Waals surface area (Å²) >= 11 is 3.43. The fourth-order valence-corrected chi connectivity index (χ4v) is 2.16. The molecule has 0 radical (unpaired) electrons. The fraction of sp³-hybridized carbons (Fsp3) is 0.462. The molecule has 1 fully saturated rings. The van der Waals surface area contributed by atoms with E-state index in [9.17, 15) is 4.79 Å². The predicted octanol–water partition coefficient (Wildman–Crippen LogP) is 2.76. The fourth-order valence-electron chi connectivity index (χ4n) is 1.91. The molecule has 92 valence electrons. The molecular formula is C13H16BrNO2. The number of hydrogen-bond acceptors (Lipinski definition) is 2. The minimum atomic E-state index is 0.0862. The maximum atomic E-state index is 11.8. The quantitative estimate of drug-likeness (QED) is 0.859. The van der Waals surface area contributed by atoms with Crippen LogP contribution >= 0.6 is 15.9 Å². The normalized spacial score (nSPS) is 15.1. The topological polar surface area (TPSA) is 29.5 Å². The first-order chi connectivity index (χ1) is 8.16. The minimum absolute atomic E-state index is 0.0862. The highest BCUT2D eigenvalue weighted by Gasteiger charge is 2.18. The number of hydrogen-bond donors (Lipinski definition) is 0. The van der Waals surface area contributed by atoms with Crippen molar-refractivity contribution in [1.82, 2.24) is 4.90 Å². The molecule has 1 aromatic rings. The van der Waals surface area contributed by atoms with E-state index in [1.54, 1.807) is 0 Å². The molecule has 17 heavy (non-hydrogen) atoms. The third-order valence-electron chi connectivity index (χ3n) is 2.95. The average Bonchev–Trinajstić information content (AvgIpc) is 2.84. The van der Waals surface area contributed by atoms with Gasteiger partial charge in [-0.15, -0.1) is 0 Å². The summed E-state index contributed by atoms with van der Waals surface area (Å²) in [7, 11) is 0. The molecule has 0 bridgehead atoms. The first-order valence-corrected chi connectivity index (χ1v) is 6.63. The monoisotopic (exact) mass is 297 g/mol. The van der Waals surface area contributed by atoms with Crippen LogP contribution in [0.4, 0.5) is 0 Å². The van der Waals surface area contributed by atoms with Gasteiger partial charge >= 0.3 is 0 Å². The van der Waals surface area contributed by atoms with Gasteiger partial charge in [-0.3, -0.25) is 4.79 Å². The molecule has 1 saturated heterocycles. The van der Waals surface area contributed by atoms with Gasteiger partial charge < -0.3 is 9.64 Å². The Morgan fingerprint density at radius 1 is 1.41 bits per heavy atom. The van der Waals surface area contributed by atoms with Crippen molar-refractivity contribution in [2.45, 2.75) is 19.8 Å². The van der Waals surface area contributed by atoms with Crippen LogP contribution in [0.25, 0.3) is 0 Å². The summed E-state index contributed by atoms with van der Waals surface area (Å²) in [5, 5.41) is 0. The van der Waals surface area contributed by atoms with Gasteiger partial charge in [0.15, 0.2) is 6.61 Å². The Hall–Kier alpha value is -1.03. The van der Waals surface area contributed by atoms with Gasteiger partial charge in [-0.2, -0.15) is 0 Å². The van der Waals surface area contributed by atoms with Crippen LogP contribution in [0, 0.1) is 6.92 Å². The lowest BCUT2D eigenvalue weighted by molar-refractivity contribution is -0.132. The van der Waals surface area contributed by atoms with Crippen molar-refractivity contribution in [2.24, 2.45) is 0 Å². The largest absolute Gasteiger partial charge is 0.484 e. The van der Waals surface area contributed by atoms with Gasteiger partial charge in [0.05, 0.1) is 0 Å². The highest BCUT2D eigenvalue weighted by Crippen LogP contribution is 2.21. The van der Waals surface area contributed by atoms with E-state index in [1.165, 1.54) is 0 Å². The molecule has 0 N–H and O–H groups in total. The second-order valence-corrected chi connectivity index (χ2v) is 5.14. The van der Waals surface area contributed by atoms with E-state index in [1.807, 2.05) is 30.0 Å². The van der Waals surface area contributed by atoms with Crippen molar-refractivity contribution in [1.29, 1.82) is 0 Å². The van der Waals surface area contributed by atoms with E-state index < -0.39 is 0 Å². The summed E-state index contributed by atoms with van der Waals surface area (Å²) in [6.07, 6.45) is 2.23. The van der Waals surface area contributed by atoms with Gasteiger partial charge in [0.25, 0.3) is 5.91 Å². The highest BCUT2D eigenvalue weighted by molar-refractivity contribution is 9.10. The van der Waals surface area contributed by atoms with E-state index in [2.05, 4.69) is 15.9 Å². The second-order valence-electron chi connectivity index (χ2n) is 4.29. The van der Waals surface area contributed by atoms with Gasteiger partial charge in [-0.05, 0) is 43.5 Å². The van der Waals surface area contributed by atoms with E-state index in [0.29, 0.717) is 0 Å². The number of carbonyl (C=O) groups excluding carboxylic acids is 1. The van der Waals surface area contributed by atoms with Crippen LogP contribution in [-0.4, -0.2) is 30.5 Å². The lowest BCUT2D eigenvalue weighted by Crippen LogP contribution is -2.32. The number of nitrogens with zero attached hydrogens (tertiary/aromatic N) is 1. The lowest BCUT2D eigenvalue weighted by Gasteiger charge is -2.15. The Morgan fingerprint density at radius 3 is 2.76 bits per heavy atom. The summed E-state index contributed by atoms with van der Waals surface area (Å²) in [5.74, 6) is 0.835. The Bertz CT molecular complexity index is 414. The molecule has 3 nitrogen and oxygen atoms in total. The summed E-state index contributed by atoms with van der Waals surface area (Å²) in [5.41, 5.74) is 1.11. The van der Waals surface area contributed by atoms with Crippen LogP contribution in [0.3, 0.4) is 0 Å². The first kappa shape index (κ1) is 12.4. The third kappa shape index (κ3) is 3.22. The Balaban J connectivity index is 1.88. The smallest absolute Gasteiger partial charge is 0.260 e. The Kier molecular flexibility index (Phi) is 4.05. The molecule has 0 saturated carbocycles. The number of benzene rings is 1. The number of aryl methyl sites for hydroxylation is 1. The van der Waals surface area contributed by atoms with Gasteiger partial charge in [-0.1, -0.05) is 15.9 Å². The summed E-state index contributed by atoms with van der Waals surface area (Å²) in [4.78, 5) is 13.6. The van der Waals surface area contributed by atoms with Crippen LogP contribution in [0.1, 0.15) is 18.4 Å². The Morgan fingerprint density at radius 2 is 2.12 bits per heavy atom. The molecule has 0 unspecified atom stereocenters. The number of halogens is 1. The minimum Gasteiger partial charge on any atom is -0.484 e. The SMILES string of the molecule is Cc1cc(OCC(=O)N2CCCC2)ccc1Br. The molecule has 1 aliphatic heterocycles. The van der Waals surface area contributed by atoms with Crippen molar-refractivity contribution >= 4 is 21.8 Å². The molecule has 1 amide bonds. The zero-order valence-corrected chi connectivity index (χ0v) is 11.5. The molecule has 1 aliphatic rings. The lowest BCUT2D eigenvalue weighted by atomic mass is 10.2. The van der Waals surface area contributed by atoms with Crippen molar-refractivity contribution in [3.8, 4) is 5.75 Å². The maximum Gasteiger partial charge on any atom is 0.260 e. The highest BCUT2D eigenvalue weighted by atomic mass is 79.9. The van der Waals surface area contributed by atoms with Crippen molar-refractivity contribution in [3.05, 3.63) is 28.2 Å². The predicted molar refractivity (Wildman–Crippen MR) is 70.2 cm³/mol. The zero-order chi connectivity index (χ0) is 12.3. The number of rotatable bonds is 3. The van der Waals surface area contributed by atoms with Gasteiger partial charge in [-0.25, -0.2) is 0 Å². The van der Waals surface area contributed by atoms with Gasteiger partial charge in [0, 0.05) is 17.6 Å². The number of carbonyl (C=O) groups is 1. The molecule has 1 heterocycles. The molecule has 0 aromatic heterocycles. The molecule has 0 atom stereocenters. The molecular weight excluding hydrogens is 282 g/mol. The molecule has 1 aromatic carbocycles. The maximum absolute atomic E-state index is 11.8. The van der Waals surface area contributed by atoms with E-state index in [-0.39, 0.29) is 12.5 Å². The van der Waals surface area contributed by atoms with Crippen LogP contribution in [0.2, 0.25) is 0 Å². The van der Waals surface area contributed by atoms with E-state index >= 15 is 0 Å². The summed E-state index contributed by atoms with van der Waals surface area (Å²) < 4.78 is 6.56. The van der Waals surface area contributed by atoms with Crippen molar-refractivity contribution in [3.63, 3.8) is 0 Å². The molecule has 2 rings (SSSR count). The van der Waals surface area contributed by atoms with Crippen LogP contribution < -0.4 is 4.74 Å². The van der Waals surface area contributed by atoms with Crippen LogP contribution in [0.5, 0.6) is 5.75 Å². The third-order valence-corrected chi connectivity index (χ3v) is 3.84. The molecule has 4 heteroatoms. The van der Waals surface area contributed by atoms with Gasteiger partial charge in [0.2, 0.25) is 0 Å². The molecule has 0 spiro atoms. The van der Waals surface area contributed by atoms with E-state index in [4.69, 9.17) is 4.74 Å². The van der Waals surface area contributed by atoms with Gasteiger partial charge in [0.1, 0.15) is 5.75 Å². The summed E-state index contributed by atoms with van der Waals surface area (Å²) in [6.45, 7) is 3.89. The van der Waals surface area contributed by atoms with E-state index in [0.717, 1.165) is 41.7 Å². The summed E-state index contributed by atoms with van der Waals surface area (Å²) in [6, 6.07) is 5.74. The number of likely N-dealkylation sites (tertiary alicyclic amines) is 1. The average molecular weight is 298 g/mol. The zero-order valence-electron chi connectivity index (χ0n) is 9.91. The number of ether oxygens (including phenoxy) is 1. The van der Waals surface area contributed by atoms with Crippen molar-refractivity contribution < 1.29 is 9.53 Å². The second kappa shape index (κ2) is 5.54.